The van der Waals surface area contributed by atoms with E-state index in [2.05, 4.69) is 12.8 Å². The molecule has 0 rings (SSSR count). The maximum absolute atomic E-state index is 9.68. The van der Waals surface area contributed by atoms with Crippen molar-refractivity contribution in [1.82, 2.24) is 0 Å². The maximum atomic E-state index is 9.68. The van der Waals surface area contributed by atoms with Crippen LogP contribution in [0.15, 0.2) is 0 Å². The van der Waals surface area contributed by atoms with E-state index in [1.54, 1.807) is 0 Å². The first-order chi connectivity index (χ1) is 7.15. The molecule has 0 aromatic carbocycles. The van der Waals surface area contributed by atoms with Crippen LogP contribution < -0.4 is 0 Å². The smallest absolute Gasteiger partial charge is 0.0947 e. The molecule has 0 heterocycles. The lowest BCUT2D eigenvalue weighted by molar-refractivity contribution is -0.0758. The summed E-state index contributed by atoms with van der Waals surface area (Å²) in [4.78, 5) is 0. The molecule has 0 aliphatic heterocycles. The van der Waals surface area contributed by atoms with Crippen LogP contribution in [0.4, 0.5) is 0 Å². The van der Waals surface area contributed by atoms with Crippen molar-refractivity contribution in [3.8, 4) is 12.3 Å². The third-order valence-electron chi connectivity index (χ3n) is 2.28. The van der Waals surface area contributed by atoms with Crippen molar-refractivity contribution in [3.63, 3.8) is 0 Å². The normalized spacial score (nSPS) is 16.7. The van der Waals surface area contributed by atoms with Gasteiger partial charge in [-0.3, -0.25) is 0 Å². The first-order valence-electron chi connectivity index (χ1n) is 5.53. The van der Waals surface area contributed by atoms with Crippen molar-refractivity contribution in [1.29, 1.82) is 0 Å². The molecule has 0 bridgehead atoms. The Morgan fingerprint density at radius 3 is 2.53 bits per heavy atom. The minimum atomic E-state index is -0.676. The largest absolute Gasteiger partial charge is 0.396 e. The van der Waals surface area contributed by atoms with E-state index >= 15 is 0 Å². The zero-order valence-electron chi connectivity index (χ0n) is 9.65. The summed E-state index contributed by atoms with van der Waals surface area (Å²) < 4.78 is 5.64. The molecular formula is C12H22O3. The number of ether oxygens (including phenoxy) is 1. The number of hydrogen-bond donors (Lipinski definition) is 2. The van der Waals surface area contributed by atoms with Crippen LogP contribution in [0.1, 0.15) is 39.5 Å². The topological polar surface area (TPSA) is 49.7 Å². The van der Waals surface area contributed by atoms with Crippen molar-refractivity contribution >= 4 is 0 Å². The van der Waals surface area contributed by atoms with Gasteiger partial charge in [-0.15, -0.1) is 12.3 Å². The van der Waals surface area contributed by atoms with E-state index in [0.29, 0.717) is 12.8 Å². The Morgan fingerprint density at radius 1 is 1.40 bits per heavy atom. The van der Waals surface area contributed by atoms with Crippen LogP contribution in [0.3, 0.4) is 0 Å². The van der Waals surface area contributed by atoms with Gasteiger partial charge in [0.25, 0.3) is 0 Å². The molecule has 3 heteroatoms. The van der Waals surface area contributed by atoms with Crippen LogP contribution in [0.2, 0.25) is 0 Å². The molecular weight excluding hydrogens is 192 g/mol. The van der Waals surface area contributed by atoms with Crippen LogP contribution in [0.25, 0.3) is 0 Å². The lowest BCUT2D eigenvalue weighted by Crippen LogP contribution is -2.32. The van der Waals surface area contributed by atoms with Crippen LogP contribution in [-0.2, 0) is 4.74 Å². The lowest BCUT2D eigenvalue weighted by atomic mass is 10.1. The predicted octanol–water partition coefficient (Wildman–Crippen LogP) is 1.33. The van der Waals surface area contributed by atoms with E-state index in [1.807, 2.05) is 6.92 Å². The van der Waals surface area contributed by atoms with E-state index in [4.69, 9.17) is 16.3 Å². The summed E-state index contributed by atoms with van der Waals surface area (Å²) in [5.74, 6) is 2.49. The van der Waals surface area contributed by atoms with Gasteiger partial charge in [-0.05, 0) is 19.8 Å². The SMILES string of the molecule is C#CCC(OC(C)CCC)C(O)CCO. The van der Waals surface area contributed by atoms with Crippen LogP contribution in [0, 0.1) is 12.3 Å². The highest BCUT2D eigenvalue weighted by Crippen LogP contribution is 2.13. The number of rotatable bonds is 8. The quantitative estimate of drug-likeness (QED) is 0.599. The molecule has 2 N–H and O–H groups in total. The molecule has 0 aliphatic rings. The standard InChI is InChI=1S/C12H22O3/c1-4-6-10(3)15-12(7-5-2)11(14)8-9-13/h2,10-14H,4,6-9H2,1,3H3. The molecule has 3 atom stereocenters. The van der Waals surface area contributed by atoms with Gasteiger partial charge in [-0.1, -0.05) is 13.3 Å². The van der Waals surface area contributed by atoms with E-state index in [0.717, 1.165) is 12.8 Å². The van der Waals surface area contributed by atoms with Crippen molar-refractivity contribution in [2.75, 3.05) is 6.61 Å². The Balaban J connectivity index is 4.08. The third kappa shape index (κ3) is 6.51. The molecule has 0 aromatic heterocycles. The van der Waals surface area contributed by atoms with Crippen molar-refractivity contribution in [3.05, 3.63) is 0 Å². The van der Waals surface area contributed by atoms with E-state index in [1.165, 1.54) is 0 Å². The fourth-order valence-corrected chi connectivity index (χ4v) is 1.48. The highest BCUT2D eigenvalue weighted by molar-refractivity contribution is 4.90. The van der Waals surface area contributed by atoms with Gasteiger partial charge >= 0.3 is 0 Å². The molecule has 0 aliphatic carbocycles. The molecule has 0 amide bonds. The molecule has 3 unspecified atom stereocenters. The summed E-state index contributed by atoms with van der Waals surface area (Å²) in [6, 6.07) is 0. The number of aliphatic hydroxyl groups excluding tert-OH is 2. The molecule has 0 saturated carbocycles. The Labute approximate surface area is 92.5 Å². The molecule has 0 spiro atoms. The minimum absolute atomic E-state index is 0.0479. The number of aliphatic hydroxyl groups is 2. The van der Waals surface area contributed by atoms with Gasteiger partial charge in [-0.2, -0.15) is 0 Å². The Bertz CT molecular complexity index is 186. The highest BCUT2D eigenvalue weighted by Gasteiger charge is 2.20. The second-order valence-corrected chi connectivity index (χ2v) is 3.76. The second-order valence-electron chi connectivity index (χ2n) is 3.76. The monoisotopic (exact) mass is 214 g/mol. The summed E-state index contributed by atoms with van der Waals surface area (Å²) in [6.45, 7) is 4.01. The number of terminal acetylenes is 1. The van der Waals surface area contributed by atoms with Gasteiger partial charge in [0.05, 0.1) is 18.3 Å². The summed E-state index contributed by atoms with van der Waals surface area (Å²) in [5.41, 5.74) is 0. The summed E-state index contributed by atoms with van der Waals surface area (Å²) in [6.07, 6.45) is 6.96. The minimum Gasteiger partial charge on any atom is -0.396 e. The predicted molar refractivity (Wildman–Crippen MR) is 60.4 cm³/mol. The average molecular weight is 214 g/mol. The Kier molecular flexibility index (Phi) is 8.40. The Hall–Kier alpha value is -0.560. The van der Waals surface area contributed by atoms with Gasteiger partial charge in [0.1, 0.15) is 0 Å². The fraction of sp³-hybridized carbons (Fsp3) is 0.833. The fourth-order valence-electron chi connectivity index (χ4n) is 1.48. The van der Waals surface area contributed by atoms with E-state index in [9.17, 15) is 5.11 Å². The average Bonchev–Trinajstić information content (AvgIpc) is 2.18. The summed E-state index contributed by atoms with van der Waals surface area (Å²) in [7, 11) is 0. The lowest BCUT2D eigenvalue weighted by Gasteiger charge is -2.24. The molecule has 88 valence electrons. The zero-order chi connectivity index (χ0) is 11.7. The van der Waals surface area contributed by atoms with Gasteiger partial charge in [0.2, 0.25) is 0 Å². The molecule has 0 fully saturated rings. The molecule has 0 radical (unpaired) electrons. The summed E-state index contributed by atoms with van der Waals surface area (Å²) >= 11 is 0. The third-order valence-corrected chi connectivity index (χ3v) is 2.28. The van der Waals surface area contributed by atoms with E-state index in [-0.39, 0.29) is 18.8 Å². The van der Waals surface area contributed by atoms with Crippen molar-refractivity contribution < 1.29 is 14.9 Å². The first kappa shape index (κ1) is 14.4. The van der Waals surface area contributed by atoms with Crippen molar-refractivity contribution in [2.24, 2.45) is 0 Å². The van der Waals surface area contributed by atoms with Crippen LogP contribution in [-0.4, -0.2) is 35.1 Å². The first-order valence-corrected chi connectivity index (χ1v) is 5.53. The van der Waals surface area contributed by atoms with E-state index < -0.39 is 6.10 Å². The molecule has 15 heavy (non-hydrogen) atoms. The zero-order valence-corrected chi connectivity index (χ0v) is 9.65. The van der Waals surface area contributed by atoms with Crippen LogP contribution >= 0.6 is 0 Å². The van der Waals surface area contributed by atoms with Gasteiger partial charge in [0, 0.05) is 13.0 Å². The van der Waals surface area contributed by atoms with Crippen molar-refractivity contribution in [2.45, 2.75) is 57.8 Å². The van der Waals surface area contributed by atoms with Gasteiger partial charge < -0.3 is 14.9 Å². The second kappa shape index (κ2) is 8.72. The molecule has 0 saturated heterocycles. The van der Waals surface area contributed by atoms with Gasteiger partial charge in [-0.25, -0.2) is 0 Å². The van der Waals surface area contributed by atoms with Gasteiger partial charge in [0.15, 0.2) is 0 Å². The summed E-state index contributed by atoms with van der Waals surface area (Å²) in [5, 5.41) is 18.4. The molecule has 3 nitrogen and oxygen atoms in total. The van der Waals surface area contributed by atoms with Crippen LogP contribution in [0.5, 0.6) is 0 Å². The Morgan fingerprint density at radius 2 is 2.07 bits per heavy atom. The highest BCUT2D eigenvalue weighted by atomic mass is 16.5. The number of hydrogen-bond acceptors (Lipinski definition) is 3. The maximum Gasteiger partial charge on any atom is 0.0947 e. The molecule has 0 aromatic rings.